The van der Waals surface area contributed by atoms with E-state index in [0.29, 0.717) is 31.8 Å². The third-order valence-electron chi connectivity index (χ3n) is 8.03. The summed E-state index contributed by atoms with van der Waals surface area (Å²) in [6, 6.07) is 8.40. The van der Waals surface area contributed by atoms with Gasteiger partial charge in [0.2, 0.25) is 5.91 Å². The van der Waals surface area contributed by atoms with Gasteiger partial charge < -0.3 is 15.7 Å². The molecule has 3 rings (SSSR count). The number of aryl methyl sites for hydroxylation is 2. The average Bonchev–Trinajstić information content (AvgIpc) is 2.85. The maximum absolute atomic E-state index is 13.9. The SMILES string of the molecule is CCC1(CC)CC(C(=O)O)CCN1C(=O)Cc1c(C)nc(CC(C)C)c(CN)c1-c1ccc(C)cc1. The zero-order valence-electron chi connectivity index (χ0n) is 22.9. The molecule has 3 N–H and O–H groups in total. The largest absolute Gasteiger partial charge is 0.481 e. The molecule has 1 amide bonds. The van der Waals surface area contributed by atoms with Crippen molar-refractivity contribution in [1.29, 1.82) is 0 Å². The first-order chi connectivity index (χ1) is 17.1. The number of aliphatic carboxylic acids is 1. The Morgan fingerprint density at radius 1 is 1.14 bits per heavy atom. The predicted octanol–water partition coefficient (Wildman–Crippen LogP) is 5.45. The van der Waals surface area contributed by atoms with E-state index < -0.39 is 17.4 Å². The lowest BCUT2D eigenvalue weighted by atomic mass is 9.76. The van der Waals surface area contributed by atoms with E-state index in [1.165, 1.54) is 5.56 Å². The molecule has 1 unspecified atom stereocenters. The number of hydrogen-bond acceptors (Lipinski definition) is 4. The van der Waals surface area contributed by atoms with Gasteiger partial charge in [-0.25, -0.2) is 0 Å². The van der Waals surface area contributed by atoms with Gasteiger partial charge in [-0.05, 0) is 74.1 Å². The maximum Gasteiger partial charge on any atom is 0.306 e. The van der Waals surface area contributed by atoms with E-state index in [1.54, 1.807) is 0 Å². The normalized spacial score (nSPS) is 17.4. The molecule has 1 atom stereocenters. The summed E-state index contributed by atoms with van der Waals surface area (Å²) in [6.07, 6.45) is 3.54. The topological polar surface area (TPSA) is 96.5 Å². The van der Waals surface area contributed by atoms with Crippen LogP contribution in [0.15, 0.2) is 24.3 Å². The Bertz CT molecular complexity index is 1090. The van der Waals surface area contributed by atoms with E-state index >= 15 is 0 Å². The summed E-state index contributed by atoms with van der Waals surface area (Å²) in [4.78, 5) is 32.7. The lowest BCUT2D eigenvalue weighted by Gasteiger charge is -2.48. The fourth-order valence-corrected chi connectivity index (χ4v) is 5.87. The van der Waals surface area contributed by atoms with Gasteiger partial charge in [-0.1, -0.05) is 57.5 Å². The fourth-order valence-electron chi connectivity index (χ4n) is 5.87. The summed E-state index contributed by atoms with van der Waals surface area (Å²) in [5, 5.41) is 9.66. The highest BCUT2D eigenvalue weighted by molar-refractivity contribution is 5.85. The van der Waals surface area contributed by atoms with Crippen molar-refractivity contribution in [3.05, 3.63) is 52.3 Å². The molecule has 0 bridgehead atoms. The third kappa shape index (κ3) is 5.64. The van der Waals surface area contributed by atoms with Gasteiger partial charge in [0.25, 0.3) is 0 Å². The van der Waals surface area contributed by atoms with Gasteiger partial charge in [-0.15, -0.1) is 0 Å². The van der Waals surface area contributed by atoms with Crippen molar-refractivity contribution < 1.29 is 14.7 Å². The summed E-state index contributed by atoms with van der Waals surface area (Å²) in [5.74, 6) is -0.686. The number of nitrogens with two attached hydrogens (primary N) is 1. The standard InChI is InChI=1S/C30H43N3O3/c1-7-30(8-2)17-23(29(35)36)13-14-33(30)27(34)16-24-21(6)32-26(15-19(3)4)25(18-31)28(24)22-11-9-20(5)10-12-22/h9-12,19,23H,7-8,13-18,31H2,1-6H3,(H,35,36). The molecule has 6 heteroatoms. The van der Waals surface area contributed by atoms with E-state index in [-0.39, 0.29) is 12.3 Å². The second kappa shape index (κ2) is 11.5. The molecule has 6 nitrogen and oxygen atoms in total. The molecule has 1 aromatic heterocycles. The number of benzene rings is 1. The third-order valence-corrected chi connectivity index (χ3v) is 8.03. The van der Waals surface area contributed by atoms with Crippen molar-refractivity contribution in [2.75, 3.05) is 6.54 Å². The maximum atomic E-state index is 13.9. The minimum Gasteiger partial charge on any atom is -0.481 e. The Kier molecular flexibility index (Phi) is 8.93. The van der Waals surface area contributed by atoms with Crippen LogP contribution in [0.5, 0.6) is 0 Å². The molecule has 196 valence electrons. The number of rotatable bonds is 9. The van der Waals surface area contributed by atoms with Gasteiger partial charge in [0, 0.05) is 30.0 Å². The highest BCUT2D eigenvalue weighted by atomic mass is 16.4. The zero-order chi connectivity index (χ0) is 26.6. The fraction of sp³-hybridized carbons (Fsp3) is 0.567. The molecule has 1 aliphatic rings. The van der Waals surface area contributed by atoms with E-state index in [1.807, 2.05) is 11.8 Å². The highest BCUT2D eigenvalue weighted by Crippen LogP contribution is 2.39. The number of pyridine rings is 1. The van der Waals surface area contributed by atoms with Gasteiger partial charge in [0.15, 0.2) is 0 Å². The van der Waals surface area contributed by atoms with Gasteiger partial charge in [0.05, 0.1) is 12.3 Å². The van der Waals surface area contributed by atoms with Crippen LogP contribution in [0.4, 0.5) is 0 Å². The molecular formula is C30H43N3O3. The number of amides is 1. The predicted molar refractivity (Wildman–Crippen MR) is 145 cm³/mol. The summed E-state index contributed by atoms with van der Waals surface area (Å²) >= 11 is 0. The lowest BCUT2D eigenvalue weighted by molar-refractivity contribution is -0.152. The summed E-state index contributed by atoms with van der Waals surface area (Å²) in [6.45, 7) is 13.4. The van der Waals surface area contributed by atoms with Crippen molar-refractivity contribution >= 4 is 11.9 Å². The molecule has 1 aromatic carbocycles. The number of hydrogen-bond donors (Lipinski definition) is 2. The van der Waals surface area contributed by atoms with Crippen LogP contribution in [0.2, 0.25) is 0 Å². The molecule has 1 saturated heterocycles. The molecule has 0 spiro atoms. The number of nitrogens with zero attached hydrogens (tertiary/aromatic N) is 2. The molecule has 1 aliphatic heterocycles. The molecule has 1 fully saturated rings. The second-order valence-electron chi connectivity index (χ2n) is 10.8. The van der Waals surface area contributed by atoms with Crippen LogP contribution >= 0.6 is 0 Å². The van der Waals surface area contributed by atoms with E-state index in [2.05, 4.69) is 58.9 Å². The molecule has 2 heterocycles. The Labute approximate surface area is 216 Å². The second-order valence-corrected chi connectivity index (χ2v) is 10.8. The van der Waals surface area contributed by atoms with E-state index in [9.17, 15) is 14.7 Å². The van der Waals surface area contributed by atoms with Crippen molar-refractivity contribution in [3.8, 4) is 11.1 Å². The average molecular weight is 494 g/mol. The molecular weight excluding hydrogens is 450 g/mol. The molecule has 0 saturated carbocycles. The molecule has 2 aromatic rings. The minimum atomic E-state index is -0.761. The number of carbonyl (C=O) groups excluding carboxylic acids is 1. The lowest BCUT2D eigenvalue weighted by Crippen LogP contribution is -2.57. The van der Waals surface area contributed by atoms with Crippen LogP contribution in [0.3, 0.4) is 0 Å². The van der Waals surface area contributed by atoms with E-state index in [4.69, 9.17) is 10.7 Å². The Hall–Kier alpha value is -2.73. The van der Waals surface area contributed by atoms with Gasteiger partial charge in [-0.2, -0.15) is 0 Å². The Balaban J connectivity index is 2.10. The van der Waals surface area contributed by atoms with Crippen LogP contribution in [-0.4, -0.2) is 39.0 Å². The number of carbonyl (C=O) groups is 2. The minimum absolute atomic E-state index is 0.0420. The first kappa shape index (κ1) is 27.9. The first-order valence-corrected chi connectivity index (χ1v) is 13.4. The van der Waals surface area contributed by atoms with Crippen LogP contribution in [0.1, 0.15) is 81.5 Å². The van der Waals surface area contributed by atoms with Crippen molar-refractivity contribution in [3.63, 3.8) is 0 Å². The van der Waals surface area contributed by atoms with Crippen LogP contribution in [0.25, 0.3) is 11.1 Å². The van der Waals surface area contributed by atoms with Crippen LogP contribution in [-0.2, 0) is 29.0 Å². The van der Waals surface area contributed by atoms with Crippen LogP contribution < -0.4 is 5.73 Å². The smallest absolute Gasteiger partial charge is 0.306 e. The Morgan fingerprint density at radius 2 is 1.78 bits per heavy atom. The first-order valence-electron chi connectivity index (χ1n) is 13.4. The van der Waals surface area contributed by atoms with Gasteiger partial charge in [-0.3, -0.25) is 14.6 Å². The van der Waals surface area contributed by atoms with Gasteiger partial charge in [0.1, 0.15) is 0 Å². The number of likely N-dealkylation sites (tertiary alicyclic amines) is 1. The van der Waals surface area contributed by atoms with Crippen molar-refractivity contribution in [2.45, 2.75) is 92.2 Å². The number of carboxylic acids is 1. The number of piperidine rings is 1. The number of carboxylic acid groups (broad SMARTS) is 1. The number of aromatic nitrogens is 1. The Morgan fingerprint density at radius 3 is 2.31 bits per heavy atom. The highest BCUT2D eigenvalue weighted by Gasteiger charge is 2.44. The van der Waals surface area contributed by atoms with Crippen molar-refractivity contribution in [2.24, 2.45) is 17.6 Å². The summed E-state index contributed by atoms with van der Waals surface area (Å²) < 4.78 is 0. The molecule has 0 aliphatic carbocycles. The monoisotopic (exact) mass is 493 g/mol. The van der Waals surface area contributed by atoms with E-state index in [0.717, 1.165) is 52.9 Å². The molecule has 36 heavy (non-hydrogen) atoms. The van der Waals surface area contributed by atoms with Crippen LogP contribution in [0, 0.1) is 25.7 Å². The van der Waals surface area contributed by atoms with Crippen molar-refractivity contribution in [1.82, 2.24) is 9.88 Å². The zero-order valence-corrected chi connectivity index (χ0v) is 22.9. The molecule has 0 radical (unpaired) electrons. The summed E-state index contributed by atoms with van der Waals surface area (Å²) in [7, 11) is 0. The quantitative estimate of drug-likeness (QED) is 0.484. The van der Waals surface area contributed by atoms with Gasteiger partial charge >= 0.3 is 5.97 Å². The summed E-state index contributed by atoms with van der Waals surface area (Å²) in [5.41, 5.74) is 13.0.